The van der Waals surface area contributed by atoms with Crippen LogP contribution in [-0.4, -0.2) is 56.1 Å². The molecule has 1 aliphatic heterocycles. The van der Waals surface area contributed by atoms with E-state index in [-0.39, 0.29) is 18.0 Å². The van der Waals surface area contributed by atoms with Gasteiger partial charge in [0.2, 0.25) is 5.88 Å². The number of hydrogen-bond acceptors (Lipinski definition) is 7. The van der Waals surface area contributed by atoms with Crippen LogP contribution >= 0.6 is 15.9 Å². The highest BCUT2D eigenvalue weighted by Crippen LogP contribution is 2.36. The van der Waals surface area contributed by atoms with Crippen LogP contribution in [0.2, 0.25) is 0 Å². The van der Waals surface area contributed by atoms with Crippen molar-refractivity contribution in [3.05, 3.63) is 64.1 Å². The second-order valence-electron chi connectivity index (χ2n) is 7.72. The van der Waals surface area contributed by atoms with E-state index in [0.29, 0.717) is 23.8 Å². The number of ether oxygens (including phenoxy) is 2. The predicted octanol–water partition coefficient (Wildman–Crippen LogP) is 3.73. The van der Waals surface area contributed by atoms with Gasteiger partial charge in [0, 0.05) is 31.2 Å². The lowest BCUT2D eigenvalue weighted by molar-refractivity contribution is 0.0671. The molecule has 4 heterocycles. The number of amides is 1. The summed E-state index contributed by atoms with van der Waals surface area (Å²) in [5.41, 5.74) is 4.96. The third kappa shape index (κ3) is 3.80. The van der Waals surface area contributed by atoms with Gasteiger partial charge >= 0.3 is 6.01 Å². The molecular formula is C23H21BrN6O3. The van der Waals surface area contributed by atoms with Gasteiger partial charge in [-0.1, -0.05) is 12.1 Å². The van der Waals surface area contributed by atoms with Gasteiger partial charge < -0.3 is 14.4 Å². The minimum Gasteiger partial charge on any atom is -0.480 e. The second kappa shape index (κ2) is 8.43. The number of benzene rings is 1. The first kappa shape index (κ1) is 21.3. The van der Waals surface area contributed by atoms with Crippen LogP contribution in [0.15, 0.2) is 47.3 Å². The van der Waals surface area contributed by atoms with Gasteiger partial charge in [-0.05, 0) is 52.0 Å². The zero-order chi connectivity index (χ0) is 23.1. The first-order valence-corrected chi connectivity index (χ1v) is 11.2. The number of carbonyl (C=O) groups excluding carboxylic acids is 1. The summed E-state index contributed by atoms with van der Waals surface area (Å²) in [5.74, 6) is 0.312. The Kier molecular flexibility index (Phi) is 5.45. The minimum absolute atomic E-state index is 0.120. The van der Waals surface area contributed by atoms with E-state index in [1.807, 2.05) is 17.9 Å². The highest BCUT2D eigenvalue weighted by atomic mass is 79.9. The first-order valence-electron chi connectivity index (χ1n) is 10.4. The van der Waals surface area contributed by atoms with Gasteiger partial charge in [-0.15, -0.1) is 0 Å². The van der Waals surface area contributed by atoms with E-state index in [9.17, 15) is 4.79 Å². The molecule has 33 heavy (non-hydrogen) atoms. The molecule has 1 unspecified atom stereocenters. The minimum atomic E-state index is -0.129. The summed E-state index contributed by atoms with van der Waals surface area (Å²) in [4.78, 5) is 28.0. The van der Waals surface area contributed by atoms with E-state index in [2.05, 4.69) is 48.1 Å². The van der Waals surface area contributed by atoms with Crippen LogP contribution in [0.25, 0.3) is 16.8 Å². The van der Waals surface area contributed by atoms with Crippen molar-refractivity contribution in [2.45, 2.75) is 19.4 Å². The Morgan fingerprint density at radius 3 is 2.79 bits per heavy atom. The summed E-state index contributed by atoms with van der Waals surface area (Å²) in [6, 6.07) is 8.03. The van der Waals surface area contributed by atoms with Crippen LogP contribution in [-0.2, 0) is 6.42 Å². The lowest BCUT2D eigenvalue weighted by Gasteiger charge is -2.35. The van der Waals surface area contributed by atoms with Crippen molar-refractivity contribution in [1.29, 1.82) is 0 Å². The molecule has 1 atom stereocenters. The van der Waals surface area contributed by atoms with E-state index in [4.69, 9.17) is 9.47 Å². The average molecular weight is 509 g/mol. The van der Waals surface area contributed by atoms with Crippen molar-refractivity contribution in [3.8, 4) is 23.0 Å². The molecular weight excluding hydrogens is 488 g/mol. The molecule has 0 bridgehead atoms. The monoisotopic (exact) mass is 508 g/mol. The second-order valence-corrected chi connectivity index (χ2v) is 8.64. The van der Waals surface area contributed by atoms with Crippen molar-refractivity contribution in [3.63, 3.8) is 0 Å². The number of carbonyl (C=O) groups is 1. The molecule has 3 aromatic heterocycles. The number of rotatable bonds is 4. The van der Waals surface area contributed by atoms with E-state index in [0.717, 1.165) is 27.6 Å². The van der Waals surface area contributed by atoms with Crippen LogP contribution in [0.1, 0.15) is 34.6 Å². The zero-order valence-electron chi connectivity index (χ0n) is 18.3. The Bertz CT molecular complexity index is 1370. The molecule has 0 saturated carbocycles. The fourth-order valence-electron chi connectivity index (χ4n) is 4.17. The lowest BCUT2D eigenvalue weighted by Crippen LogP contribution is -2.39. The van der Waals surface area contributed by atoms with E-state index in [1.54, 1.807) is 36.3 Å². The molecule has 10 heteroatoms. The Balaban J connectivity index is 1.48. The lowest BCUT2D eigenvalue weighted by atomic mass is 9.90. The maximum atomic E-state index is 13.4. The molecule has 0 N–H and O–H groups in total. The topological polar surface area (TPSA) is 94.7 Å². The summed E-state index contributed by atoms with van der Waals surface area (Å²) in [5, 5.41) is 4.43. The van der Waals surface area contributed by atoms with Crippen LogP contribution in [0.3, 0.4) is 0 Å². The molecule has 0 saturated heterocycles. The summed E-state index contributed by atoms with van der Waals surface area (Å²) in [6.07, 6.45) is 5.91. The molecule has 9 nitrogen and oxygen atoms in total. The van der Waals surface area contributed by atoms with E-state index in [1.165, 1.54) is 12.7 Å². The van der Waals surface area contributed by atoms with Gasteiger partial charge in [0.25, 0.3) is 5.91 Å². The number of hydrogen-bond donors (Lipinski definition) is 0. The smallest absolute Gasteiger partial charge is 0.319 e. The maximum absolute atomic E-state index is 13.4. The normalized spacial score (nSPS) is 15.4. The number of aromatic nitrogens is 5. The molecule has 1 amide bonds. The van der Waals surface area contributed by atoms with E-state index < -0.39 is 0 Å². The highest BCUT2D eigenvalue weighted by Gasteiger charge is 2.30. The van der Waals surface area contributed by atoms with Gasteiger partial charge in [0.15, 0.2) is 11.3 Å². The Morgan fingerprint density at radius 2 is 2.00 bits per heavy atom. The summed E-state index contributed by atoms with van der Waals surface area (Å²) >= 11 is 3.38. The summed E-state index contributed by atoms with van der Waals surface area (Å²) in [7, 11) is 3.08. The van der Waals surface area contributed by atoms with Crippen molar-refractivity contribution in [1.82, 2.24) is 29.5 Å². The zero-order valence-corrected chi connectivity index (χ0v) is 19.9. The van der Waals surface area contributed by atoms with Crippen LogP contribution in [0.5, 0.6) is 11.9 Å². The van der Waals surface area contributed by atoms with Gasteiger partial charge in [-0.25, -0.2) is 14.5 Å². The average Bonchev–Trinajstić information content (AvgIpc) is 3.26. The fourth-order valence-corrected chi connectivity index (χ4v) is 4.46. The standard InChI is InChI=1S/C23H21BrN6O3/c1-13-17-8-15(18-11-26-23(33-3)27-21(18)32-2)5-4-14(17)6-7-29(13)22(31)19-9-20-25-10-16(24)12-30(20)28-19/h4-5,8-13H,6-7H2,1-3H3. The van der Waals surface area contributed by atoms with Crippen LogP contribution in [0, 0.1) is 0 Å². The van der Waals surface area contributed by atoms with E-state index >= 15 is 0 Å². The Morgan fingerprint density at radius 1 is 1.15 bits per heavy atom. The highest BCUT2D eigenvalue weighted by molar-refractivity contribution is 9.10. The summed E-state index contributed by atoms with van der Waals surface area (Å²) < 4.78 is 13.0. The van der Waals surface area contributed by atoms with Gasteiger partial charge in [-0.2, -0.15) is 10.1 Å². The molecule has 4 aromatic rings. The van der Waals surface area contributed by atoms with Crippen molar-refractivity contribution < 1.29 is 14.3 Å². The third-order valence-corrected chi connectivity index (χ3v) is 6.28. The summed E-state index contributed by atoms with van der Waals surface area (Å²) in [6.45, 7) is 2.65. The molecule has 0 aliphatic carbocycles. The van der Waals surface area contributed by atoms with Gasteiger partial charge in [-0.3, -0.25) is 4.79 Å². The maximum Gasteiger partial charge on any atom is 0.319 e. The molecule has 1 aromatic carbocycles. The number of fused-ring (bicyclic) bond motifs is 2. The number of nitrogens with zero attached hydrogens (tertiary/aromatic N) is 6. The van der Waals surface area contributed by atoms with Crippen molar-refractivity contribution >= 4 is 27.5 Å². The van der Waals surface area contributed by atoms with Gasteiger partial charge in [0.05, 0.1) is 30.3 Å². The number of methoxy groups -OCH3 is 2. The van der Waals surface area contributed by atoms with Crippen LogP contribution in [0.4, 0.5) is 0 Å². The third-order valence-electron chi connectivity index (χ3n) is 5.87. The van der Waals surface area contributed by atoms with Crippen molar-refractivity contribution in [2.75, 3.05) is 20.8 Å². The van der Waals surface area contributed by atoms with Gasteiger partial charge in [0.1, 0.15) is 0 Å². The van der Waals surface area contributed by atoms with Crippen LogP contribution < -0.4 is 9.47 Å². The quantitative estimate of drug-likeness (QED) is 0.414. The number of halogens is 1. The fraction of sp³-hybridized carbons (Fsp3) is 0.261. The molecule has 5 rings (SSSR count). The molecule has 0 fully saturated rings. The molecule has 1 aliphatic rings. The molecule has 0 radical (unpaired) electrons. The Hall–Kier alpha value is -3.53. The Labute approximate surface area is 198 Å². The van der Waals surface area contributed by atoms with Crippen molar-refractivity contribution in [2.24, 2.45) is 0 Å². The largest absolute Gasteiger partial charge is 0.480 e. The molecule has 0 spiro atoms. The predicted molar refractivity (Wildman–Crippen MR) is 124 cm³/mol. The SMILES string of the molecule is COc1ncc(-c2ccc3c(c2)C(C)N(C(=O)c2cc4ncc(Br)cn4n2)CC3)c(OC)n1. The molecule has 168 valence electrons. The first-order chi connectivity index (χ1) is 16.0.